The molecular formula is C23H23N5O4S. The summed E-state index contributed by atoms with van der Waals surface area (Å²) in [6, 6.07) is 14.8. The lowest BCUT2D eigenvalue weighted by Crippen LogP contribution is -2.50. The molecular weight excluding hydrogens is 442 g/mol. The van der Waals surface area contributed by atoms with Gasteiger partial charge in [0.1, 0.15) is 5.69 Å². The molecule has 33 heavy (non-hydrogen) atoms. The number of rotatable bonds is 5. The van der Waals surface area contributed by atoms with E-state index in [-0.39, 0.29) is 28.0 Å². The van der Waals surface area contributed by atoms with Crippen molar-refractivity contribution in [2.75, 3.05) is 37.5 Å². The van der Waals surface area contributed by atoms with Crippen molar-refractivity contribution >= 4 is 27.5 Å². The number of hydrogen-bond acceptors (Lipinski definition) is 6. The third-order valence-corrected chi connectivity index (χ3v) is 7.28. The second-order valence-corrected chi connectivity index (χ2v) is 9.48. The van der Waals surface area contributed by atoms with Crippen LogP contribution in [0.5, 0.6) is 0 Å². The first-order valence-electron chi connectivity index (χ1n) is 10.4. The highest BCUT2D eigenvalue weighted by Gasteiger charge is 2.27. The van der Waals surface area contributed by atoms with Crippen LogP contribution in [0.1, 0.15) is 20.8 Å². The Labute approximate surface area is 192 Å². The van der Waals surface area contributed by atoms with Crippen LogP contribution in [-0.4, -0.2) is 73.2 Å². The summed E-state index contributed by atoms with van der Waals surface area (Å²) in [6.45, 7) is 1.39. The molecule has 170 valence electrons. The van der Waals surface area contributed by atoms with Gasteiger partial charge in [0.15, 0.2) is 0 Å². The molecule has 2 heterocycles. The van der Waals surface area contributed by atoms with Crippen molar-refractivity contribution in [1.82, 2.24) is 19.8 Å². The number of anilines is 1. The van der Waals surface area contributed by atoms with Crippen LogP contribution >= 0.6 is 0 Å². The Hall–Kier alpha value is -3.79. The highest BCUT2D eigenvalue weighted by Crippen LogP contribution is 2.23. The fourth-order valence-electron chi connectivity index (χ4n) is 3.59. The standard InChI is InChI=1S/C23H23N5O4S/c1-26(19-7-3-2-4-8-19)33(31,32)20-9-5-6-18(16-20)22(29)27-12-14-28(15-13-27)23(30)21-17-24-10-11-25-21/h2-11,16-17H,12-15H2,1H3. The summed E-state index contributed by atoms with van der Waals surface area (Å²) in [5.74, 6) is -0.506. The van der Waals surface area contributed by atoms with Gasteiger partial charge in [0, 0.05) is 51.2 Å². The Bertz CT molecular complexity index is 1240. The van der Waals surface area contributed by atoms with E-state index in [9.17, 15) is 18.0 Å². The summed E-state index contributed by atoms with van der Waals surface area (Å²) in [5, 5.41) is 0. The predicted molar refractivity (Wildman–Crippen MR) is 122 cm³/mol. The minimum absolute atomic E-state index is 0.0381. The lowest BCUT2D eigenvalue weighted by Gasteiger charge is -2.34. The van der Waals surface area contributed by atoms with E-state index < -0.39 is 10.0 Å². The fraction of sp³-hybridized carbons (Fsp3) is 0.217. The zero-order chi connectivity index (χ0) is 23.4. The molecule has 0 saturated carbocycles. The summed E-state index contributed by atoms with van der Waals surface area (Å²) in [4.78, 5) is 36.8. The Kier molecular flexibility index (Phi) is 6.36. The lowest BCUT2D eigenvalue weighted by molar-refractivity contribution is 0.0532. The molecule has 0 bridgehead atoms. The summed E-state index contributed by atoms with van der Waals surface area (Å²) in [7, 11) is -2.35. The molecule has 0 radical (unpaired) electrons. The molecule has 1 aromatic heterocycles. The lowest BCUT2D eigenvalue weighted by atomic mass is 10.2. The second-order valence-electron chi connectivity index (χ2n) is 7.51. The van der Waals surface area contributed by atoms with Crippen molar-refractivity contribution in [3.63, 3.8) is 0 Å². The first-order chi connectivity index (χ1) is 15.9. The van der Waals surface area contributed by atoms with Crippen LogP contribution in [-0.2, 0) is 10.0 Å². The number of aromatic nitrogens is 2. The van der Waals surface area contributed by atoms with E-state index >= 15 is 0 Å². The quantitative estimate of drug-likeness (QED) is 0.570. The third kappa shape index (κ3) is 4.70. The van der Waals surface area contributed by atoms with Gasteiger partial charge in [-0.2, -0.15) is 0 Å². The smallest absolute Gasteiger partial charge is 0.274 e. The molecule has 0 atom stereocenters. The molecule has 1 aliphatic heterocycles. The van der Waals surface area contributed by atoms with Gasteiger partial charge >= 0.3 is 0 Å². The number of carbonyl (C=O) groups is 2. The molecule has 0 aliphatic carbocycles. The van der Waals surface area contributed by atoms with Crippen LogP contribution in [0.4, 0.5) is 5.69 Å². The second kappa shape index (κ2) is 9.37. The highest BCUT2D eigenvalue weighted by molar-refractivity contribution is 7.92. The van der Waals surface area contributed by atoms with Gasteiger partial charge in [-0.1, -0.05) is 24.3 Å². The van der Waals surface area contributed by atoms with Crippen LogP contribution in [0, 0.1) is 0 Å². The number of benzene rings is 2. The van der Waals surface area contributed by atoms with E-state index in [1.807, 2.05) is 6.07 Å². The van der Waals surface area contributed by atoms with Crippen molar-refractivity contribution in [3.05, 3.63) is 84.4 Å². The van der Waals surface area contributed by atoms with E-state index in [2.05, 4.69) is 9.97 Å². The molecule has 10 heteroatoms. The normalized spacial score (nSPS) is 14.1. The van der Waals surface area contributed by atoms with Crippen molar-refractivity contribution in [2.24, 2.45) is 0 Å². The van der Waals surface area contributed by atoms with Crippen molar-refractivity contribution in [1.29, 1.82) is 0 Å². The third-order valence-electron chi connectivity index (χ3n) is 5.50. The summed E-state index contributed by atoms with van der Waals surface area (Å²) in [6.07, 6.45) is 4.38. The average Bonchev–Trinajstić information content (AvgIpc) is 2.88. The molecule has 0 unspecified atom stereocenters. The molecule has 3 aromatic rings. The SMILES string of the molecule is CN(c1ccccc1)S(=O)(=O)c1cccc(C(=O)N2CCN(C(=O)c3cnccn3)CC2)c1. The van der Waals surface area contributed by atoms with Crippen molar-refractivity contribution in [2.45, 2.75) is 4.90 Å². The predicted octanol–water partition coefficient (Wildman–Crippen LogP) is 1.90. The van der Waals surface area contributed by atoms with Gasteiger partial charge in [-0.05, 0) is 30.3 Å². The van der Waals surface area contributed by atoms with Crippen LogP contribution in [0.25, 0.3) is 0 Å². The van der Waals surface area contributed by atoms with Crippen LogP contribution < -0.4 is 4.31 Å². The largest absolute Gasteiger partial charge is 0.335 e. The van der Waals surface area contributed by atoms with Crippen LogP contribution in [0.15, 0.2) is 78.1 Å². The zero-order valence-corrected chi connectivity index (χ0v) is 18.9. The van der Waals surface area contributed by atoms with Gasteiger partial charge in [0.25, 0.3) is 21.8 Å². The first kappa shape index (κ1) is 22.4. The maximum atomic E-state index is 13.1. The van der Waals surface area contributed by atoms with Crippen LogP contribution in [0.3, 0.4) is 0 Å². The molecule has 1 saturated heterocycles. The number of para-hydroxylation sites is 1. The van der Waals surface area contributed by atoms with Gasteiger partial charge in [0.2, 0.25) is 0 Å². The molecule has 0 N–H and O–H groups in total. The Balaban J connectivity index is 1.46. The number of amides is 2. The monoisotopic (exact) mass is 465 g/mol. The summed E-state index contributed by atoms with van der Waals surface area (Å²) >= 11 is 0. The van der Waals surface area contributed by atoms with E-state index in [0.29, 0.717) is 31.9 Å². The number of carbonyl (C=O) groups excluding carboxylic acids is 2. The Morgan fingerprint density at radius 2 is 1.55 bits per heavy atom. The van der Waals surface area contributed by atoms with Gasteiger partial charge in [0.05, 0.1) is 16.8 Å². The maximum Gasteiger partial charge on any atom is 0.274 e. The van der Waals surface area contributed by atoms with E-state index in [1.165, 1.54) is 42.1 Å². The summed E-state index contributed by atoms with van der Waals surface area (Å²) in [5.41, 5.74) is 1.07. The van der Waals surface area contributed by atoms with Crippen LogP contribution in [0.2, 0.25) is 0 Å². The summed E-state index contributed by atoms with van der Waals surface area (Å²) < 4.78 is 27.4. The Morgan fingerprint density at radius 3 is 2.18 bits per heavy atom. The first-order valence-corrected chi connectivity index (χ1v) is 11.8. The van der Waals surface area contributed by atoms with Gasteiger partial charge in [-0.15, -0.1) is 0 Å². The molecule has 2 amide bonds. The zero-order valence-electron chi connectivity index (χ0n) is 18.0. The molecule has 9 nitrogen and oxygen atoms in total. The topological polar surface area (TPSA) is 104 Å². The van der Waals surface area contributed by atoms with E-state index in [1.54, 1.807) is 46.2 Å². The molecule has 4 rings (SSSR count). The average molecular weight is 466 g/mol. The fourth-order valence-corrected chi connectivity index (χ4v) is 4.83. The van der Waals surface area contributed by atoms with Crippen molar-refractivity contribution in [3.8, 4) is 0 Å². The number of piperazine rings is 1. The van der Waals surface area contributed by atoms with Gasteiger partial charge < -0.3 is 9.80 Å². The minimum Gasteiger partial charge on any atom is -0.335 e. The maximum absolute atomic E-state index is 13.1. The number of hydrogen-bond donors (Lipinski definition) is 0. The number of sulfonamides is 1. The molecule has 0 spiro atoms. The molecule has 1 fully saturated rings. The minimum atomic E-state index is -3.83. The Morgan fingerprint density at radius 1 is 0.879 bits per heavy atom. The van der Waals surface area contributed by atoms with Gasteiger partial charge in [-0.25, -0.2) is 13.4 Å². The molecule has 2 aromatic carbocycles. The van der Waals surface area contributed by atoms with Crippen molar-refractivity contribution < 1.29 is 18.0 Å². The van der Waals surface area contributed by atoms with E-state index in [0.717, 1.165) is 0 Å². The van der Waals surface area contributed by atoms with Gasteiger partial charge in [-0.3, -0.25) is 18.9 Å². The molecule has 1 aliphatic rings. The van der Waals surface area contributed by atoms with E-state index in [4.69, 9.17) is 0 Å². The number of nitrogens with zero attached hydrogens (tertiary/aromatic N) is 5. The highest BCUT2D eigenvalue weighted by atomic mass is 32.2.